The molecular formula is C110H129F6N17O14S2. The second kappa shape index (κ2) is 49.8. The van der Waals surface area contributed by atoms with E-state index >= 15 is 0 Å². The summed E-state index contributed by atoms with van der Waals surface area (Å²) in [7, 11) is -6.11. The molecule has 6 aliphatic rings. The van der Waals surface area contributed by atoms with Crippen LogP contribution in [0.15, 0.2) is 210 Å². The average Bonchev–Trinajstić information content (AvgIpc) is 1.63. The molecule has 792 valence electrons. The van der Waals surface area contributed by atoms with Crippen LogP contribution < -0.4 is 36.0 Å². The van der Waals surface area contributed by atoms with Gasteiger partial charge >= 0.3 is 12.4 Å². The van der Waals surface area contributed by atoms with Crippen LogP contribution in [0.4, 0.5) is 55.8 Å². The highest BCUT2D eigenvalue weighted by atomic mass is 32.2. The van der Waals surface area contributed by atoms with Gasteiger partial charge in [-0.1, -0.05) is 112 Å². The van der Waals surface area contributed by atoms with Crippen molar-refractivity contribution in [2.75, 3.05) is 92.8 Å². The summed E-state index contributed by atoms with van der Waals surface area (Å²) < 4.78 is 147. The molecule has 149 heavy (non-hydrogen) atoms. The van der Waals surface area contributed by atoms with Crippen LogP contribution >= 0.6 is 0 Å². The number of halogens is 6. The number of alkyl halides is 6. The number of aliphatic hydroxyl groups is 4. The first-order valence-electron chi connectivity index (χ1n) is 51.4. The number of methoxy groups -OCH3 is 1. The molecule has 31 nitrogen and oxygen atoms in total. The number of hydrogen-bond donors (Lipinski definition) is 11. The lowest BCUT2D eigenvalue weighted by molar-refractivity contribution is -0.138. The molecule has 11 N–H and O–H groups in total. The van der Waals surface area contributed by atoms with Crippen molar-refractivity contribution in [3.05, 3.63) is 256 Å². The number of carbonyl (C=O) groups is 5. The Balaban J connectivity index is 0.000000142. The molecule has 0 spiro atoms. The number of likely N-dealkylation sites (tertiary alicyclic amines) is 2. The second-order valence-electron chi connectivity index (χ2n) is 39.5. The third kappa shape index (κ3) is 28.0. The van der Waals surface area contributed by atoms with Gasteiger partial charge in [-0.05, 0) is 304 Å². The first-order chi connectivity index (χ1) is 71.8. The van der Waals surface area contributed by atoms with E-state index < -0.39 is 67.4 Å². The number of benzene rings is 9. The Kier molecular flexibility index (Phi) is 36.5. The first kappa shape index (κ1) is 109. The van der Waals surface area contributed by atoms with Gasteiger partial charge in [0.15, 0.2) is 0 Å². The molecule has 13 aromatic rings. The second-order valence-corrected chi connectivity index (χ2v) is 43.0. The van der Waals surface area contributed by atoms with Gasteiger partial charge < -0.3 is 48.7 Å². The van der Waals surface area contributed by atoms with E-state index in [9.17, 15) is 87.6 Å². The average molecular weight is 2090 g/mol. The number of aromatic nitrogens is 8. The van der Waals surface area contributed by atoms with Crippen LogP contribution in [0.5, 0.6) is 0 Å². The van der Waals surface area contributed by atoms with Crippen molar-refractivity contribution in [2.45, 2.75) is 233 Å². The zero-order valence-electron chi connectivity index (χ0n) is 83.5. The van der Waals surface area contributed by atoms with Crippen LogP contribution in [0, 0.1) is 11.8 Å². The number of hydrogen-bond acceptors (Lipinski definition) is 20. The molecule has 6 heterocycles. The molecule has 4 saturated carbocycles. The number of rotatable bonds is 30. The monoisotopic (exact) mass is 2090 g/mol. The van der Waals surface area contributed by atoms with Gasteiger partial charge in [-0.15, -0.1) is 0 Å². The summed E-state index contributed by atoms with van der Waals surface area (Å²) in [5, 5.41) is 52.2. The summed E-state index contributed by atoms with van der Waals surface area (Å²) in [5.74, 6) is -0.546. The maximum atomic E-state index is 13.4. The van der Waals surface area contributed by atoms with Gasteiger partial charge in [0, 0.05) is 104 Å². The lowest BCUT2D eigenvalue weighted by Crippen LogP contribution is -2.30. The number of aliphatic hydroxyl groups excluding tert-OH is 4. The topological polar surface area (TPSA) is 406 Å². The standard InChI is InChI=1S/C29H27F3N4O3.2C29H39N5O4S.C23H24F3N3O3/c30-29(31,32)21-8-4-7-20(15-21)27(39)35-28-34-24-16-22(33-26(38)19-5-2-1-3-6-19)11-14-25(24)36(28)23-12-9-18(17-37)10-13-23;1-38-18-15-30-39(36,37)25-12-8-9-23(20-25)28(35)32-29-31-26-19-22(21-33-16-6-3-7-17-33)13-14-27(26)34(29)24-10-4-2-5-11-24;1-21(35)19-30-39(37,38)25-12-8-9-23(18-25)28(36)32-29-31-26-17-22(20-33-15-6-3-7-16-33)13-14-27(26)34(29)24-10-4-2-5-11-24;24-23(25,26)17-3-1-2-16(11-17)21(32)28-22-27-19-9-6-15(13-31)10-20(19)29(22)18-7-4-14(12-30)5-8-18/h1-8,11,14-16,18,23,37H,9-10,12-13,17H2,(H,33,38)(H,34,35,39);8-9,12-14,19-20,24,30H,2-7,10-11,15-18,21H2,1H3,(H,31,32,35);8-9,12-14,17-18,21,24,30,35H,2-7,10-11,15-16,19-20H2,1H3,(H,31,32,36);1-3,6,9-11,14,18,30-31H,4-5,7-8,12-13H2,(H,27,28,32). The van der Waals surface area contributed by atoms with Gasteiger partial charge in [-0.25, -0.2) is 46.2 Å². The number of imidazole rings is 4. The van der Waals surface area contributed by atoms with Crippen molar-refractivity contribution >= 4 is 123 Å². The summed E-state index contributed by atoms with van der Waals surface area (Å²) in [4.78, 5) is 89.2. The molecule has 1 atom stereocenters. The van der Waals surface area contributed by atoms with E-state index in [0.29, 0.717) is 39.7 Å². The molecule has 2 aliphatic heterocycles. The van der Waals surface area contributed by atoms with Crippen LogP contribution in [0.3, 0.4) is 0 Å². The van der Waals surface area contributed by atoms with Crippen LogP contribution in [0.25, 0.3) is 44.1 Å². The van der Waals surface area contributed by atoms with E-state index in [0.717, 1.165) is 199 Å². The Hall–Kier alpha value is -12.7. The van der Waals surface area contributed by atoms with E-state index in [2.05, 4.69) is 101 Å². The van der Waals surface area contributed by atoms with Crippen molar-refractivity contribution in [3.63, 3.8) is 0 Å². The zero-order valence-corrected chi connectivity index (χ0v) is 85.1. The Morgan fingerprint density at radius 2 is 0.738 bits per heavy atom. The van der Waals surface area contributed by atoms with Gasteiger partial charge in [0.1, 0.15) is 0 Å². The zero-order chi connectivity index (χ0) is 105. The number of piperidine rings is 2. The van der Waals surface area contributed by atoms with Crippen molar-refractivity contribution in [1.82, 2.24) is 57.4 Å². The quantitative estimate of drug-likeness (QED) is 0.0147. The molecule has 39 heteroatoms. The third-order valence-corrected chi connectivity index (χ3v) is 31.6. The van der Waals surface area contributed by atoms with E-state index in [1.807, 2.05) is 15.2 Å². The predicted octanol–water partition coefficient (Wildman–Crippen LogP) is 19.9. The summed E-state index contributed by atoms with van der Waals surface area (Å²) in [6.07, 6.45) is 15.1. The van der Waals surface area contributed by atoms with E-state index in [-0.39, 0.29) is 131 Å². The van der Waals surface area contributed by atoms with E-state index in [4.69, 9.17) is 14.7 Å². The molecule has 0 bridgehead atoms. The van der Waals surface area contributed by atoms with Gasteiger partial charge in [0.25, 0.3) is 29.5 Å². The molecular weight excluding hydrogens is 1960 g/mol. The highest BCUT2D eigenvalue weighted by Gasteiger charge is 2.37. The van der Waals surface area contributed by atoms with Crippen LogP contribution in [0.2, 0.25) is 0 Å². The molecule has 6 fully saturated rings. The summed E-state index contributed by atoms with van der Waals surface area (Å²) >= 11 is 0. The van der Waals surface area contributed by atoms with Gasteiger partial charge in [-0.2, -0.15) is 26.3 Å². The molecule has 2 saturated heterocycles. The fourth-order valence-electron chi connectivity index (χ4n) is 20.8. The number of nitrogens with zero attached hydrogens (tertiary/aromatic N) is 10. The Bertz CT molecular complexity index is 7080. The molecule has 4 aliphatic carbocycles. The normalized spacial score (nSPS) is 18.1. The third-order valence-electron chi connectivity index (χ3n) is 28.7. The Morgan fingerprint density at radius 3 is 1.15 bits per heavy atom. The molecule has 19 rings (SSSR count). The minimum atomic E-state index is -4.57. The highest BCUT2D eigenvalue weighted by Crippen LogP contribution is 2.43. The summed E-state index contributed by atoms with van der Waals surface area (Å²) in [6, 6.07) is 53.2. The predicted molar refractivity (Wildman–Crippen MR) is 559 cm³/mol. The Morgan fingerprint density at radius 1 is 0.376 bits per heavy atom. The molecule has 1 unspecified atom stereocenters. The van der Waals surface area contributed by atoms with E-state index in [1.165, 1.54) is 125 Å². The summed E-state index contributed by atoms with van der Waals surface area (Å²) in [6.45, 7) is 8.22. The van der Waals surface area contributed by atoms with E-state index in [1.54, 1.807) is 84.9 Å². The maximum Gasteiger partial charge on any atom is 0.416 e. The fraction of sp³-hybridized carbons (Fsp3) is 0.427. The molecule has 0 radical (unpaired) electrons. The van der Waals surface area contributed by atoms with Gasteiger partial charge in [0.05, 0.1) is 84.4 Å². The van der Waals surface area contributed by atoms with Crippen molar-refractivity contribution in [1.29, 1.82) is 0 Å². The minimum absolute atomic E-state index is 0.00792. The number of ether oxygens (including phenoxy) is 1. The first-order valence-corrected chi connectivity index (χ1v) is 54.4. The largest absolute Gasteiger partial charge is 0.416 e. The fourth-order valence-corrected chi connectivity index (χ4v) is 23.0. The minimum Gasteiger partial charge on any atom is -0.396 e. The van der Waals surface area contributed by atoms with Crippen molar-refractivity contribution in [2.24, 2.45) is 11.8 Å². The Labute approximate surface area is 861 Å². The maximum absolute atomic E-state index is 13.4. The lowest BCUT2D eigenvalue weighted by Gasteiger charge is -2.29. The lowest BCUT2D eigenvalue weighted by atomic mass is 9.86. The SMILES string of the molecule is CC(O)CNS(=O)(=O)c1cccc(C(=O)Nc2nc3cc(CN4CCCCC4)ccc3n2C2CCCCC2)c1.COCCNS(=O)(=O)c1cccc(C(=O)Nc2nc3cc(CN4CCCCC4)ccc3n2C2CCCCC2)c1.O=C(Nc1ccc2c(c1)nc(NC(=O)c1cccc(C(F)(F)F)c1)n2C1CCC(CO)CC1)c1ccccc1.O=C(Nc1nc2ccc(CO)cc2n1C1CCC(CO)CC1)c1cccc(C(F)(F)F)c1. The molecule has 9 aromatic carbocycles. The smallest absolute Gasteiger partial charge is 0.396 e. The highest BCUT2D eigenvalue weighted by molar-refractivity contribution is 7.89. The van der Waals surface area contributed by atoms with Gasteiger partial charge in [-0.3, -0.25) is 55.0 Å². The van der Waals surface area contributed by atoms with Crippen LogP contribution in [-0.4, -0.2) is 187 Å². The molecule has 5 amide bonds. The number of anilines is 5. The number of sulfonamides is 2. The van der Waals surface area contributed by atoms with Crippen LogP contribution in [-0.2, 0) is 56.8 Å². The van der Waals surface area contributed by atoms with Crippen LogP contribution in [0.1, 0.15) is 265 Å². The van der Waals surface area contributed by atoms with Gasteiger partial charge in [0.2, 0.25) is 43.8 Å². The number of amides is 5. The van der Waals surface area contributed by atoms with Crippen molar-refractivity contribution in [3.8, 4) is 0 Å². The number of carbonyl (C=O) groups excluding carboxylic acids is 5. The summed E-state index contributed by atoms with van der Waals surface area (Å²) in [5.41, 5.74) is 8.97. The number of fused-ring (bicyclic) bond motifs is 4. The number of nitrogens with one attached hydrogen (secondary N) is 7. The van der Waals surface area contributed by atoms with Crippen molar-refractivity contribution < 1.29 is 92.3 Å². The molecule has 4 aromatic heterocycles.